The smallest absolute Gasteiger partial charge is 0.0482 e. The minimum Gasteiger partial charge on any atom is -0.383 e. The first-order chi connectivity index (χ1) is 10.7. The number of hydrogen-bond donors (Lipinski definition) is 2. The maximum absolute atomic E-state index is 3.52. The summed E-state index contributed by atoms with van der Waals surface area (Å²) in [5.74, 6) is 0. The second-order valence-corrected chi connectivity index (χ2v) is 7.11. The summed E-state index contributed by atoms with van der Waals surface area (Å²) >= 11 is 5.25. The molecular formula is C18H24Br2N2S. The number of anilines is 1. The van der Waals surface area contributed by atoms with Crippen LogP contribution in [-0.4, -0.2) is 25.0 Å². The second-order valence-electron chi connectivity index (χ2n) is 5.23. The van der Waals surface area contributed by atoms with Crippen molar-refractivity contribution >= 4 is 50.4 Å². The van der Waals surface area contributed by atoms with Crippen LogP contribution in [0, 0.1) is 13.8 Å². The molecule has 2 aromatic carbocycles. The van der Waals surface area contributed by atoms with Gasteiger partial charge in [0.05, 0.1) is 0 Å². The fourth-order valence-corrected chi connectivity index (χ4v) is 3.48. The number of aryl methyl sites for hydroxylation is 2. The lowest BCUT2D eigenvalue weighted by Gasteiger charge is -2.13. The number of para-hydroxylation sites is 1. The molecule has 2 N–H and O–H groups in total. The third-order valence-electron chi connectivity index (χ3n) is 3.33. The lowest BCUT2D eigenvalue weighted by molar-refractivity contribution is 0.745. The van der Waals surface area contributed by atoms with Gasteiger partial charge in [-0.3, -0.25) is 0 Å². The Morgan fingerprint density at radius 3 is 2.48 bits per heavy atom. The highest BCUT2D eigenvalue weighted by atomic mass is 79.9. The Morgan fingerprint density at radius 2 is 1.74 bits per heavy atom. The van der Waals surface area contributed by atoms with Crippen molar-refractivity contribution in [1.29, 1.82) is 0 Å². The Kier molecular flexibility index (Phi) is 9.95. The van der Waals surface area contributed by atoms with Crippen LogP contribution < -0.4 is 10.6 Å². The molecule has 0 atom stereocenters. The molecule has 0 aromatic heterocycles. The molecule has 0 saturated carbocycles. The molecule has 23 heavy (non-hydrogen) atoms. The van der Waals surface area contributed by atoms with E-state index in [9.17, 15) is 0 Å². The number of nitrogens with one attached hydrogen (secondary N) is 2. The molecule has 126 valence electrons. The van der Waals surface area contributed by atoms with E-state index in [0.717, 1.165) is 25.0 Å². The number of halogens is 2. The number of benzene rings is 2. The molecule has 0 aliphatic rings. The zero-order valence-corrected chi connectivity index (χ0v) is 17.7. The standard InChI is InChI=1S/C18H23BrN2S.BrH/c1-14-7-8-17(15(2)13-14)22-18-6-4-3-5-16(18)21-12-11-20-10-9-19;/h3-8,13,20-21H,9-12H2,1-2H3;1H. The molecule has 0 aliphatic heterocycles. The normalized spacial score (nSPS) is 10.2. The van der Waals surface area contributed by atoms with Crippen LogP contribution in [0.15, 0.2) is 52.3 Å². The first-order valence-electron chi connectivity index (χ1n) is 7.55. The minimum atomic E-state index is 0. The molecule has 0 fully saturated rings. The van der Waals surface area contributed by atoms with Crippen molar-refractivity contribution in [2.24, 2.45) is 0 Å². The fourth-order valence-electron chi connectivity index (χ4n) is 2.21. The predicted molar refractivity (Wildman–Crippen MR) is 112 cm³/mol. The summed E-state index contributed by atoms with van der Waals surface area (Å²) < 4.78 is 0. The van der Waals surface area contributed by atoms with Crippen molar-refractivity contribution < 1.29 is 0 Å². The lowest BCUT2D eigenvalue weighted by Crippen LogP contribution is -2.23. The second kappa shape index (κ2) is 11.1. The quantitative estimate of drug-likeness (QED) is 0.406. The highest BCUT2D eigenvalue weighted by molar-refractivity contribution is 9.09. The third kappa shape index (κ3) is 6.87. The largest absolute Gasteiger partial charge is 0.383 e. The Labute approximate surface area is 162 Å². The molecule has 0 aliphatic carbocycles. The van der Waals surface area contributed by atoms with E-state index in [0.29, 0.717) is 0 Å². The van der Waals surface area contributed by atoms with E-state index in [1.807, 2.05) is 11.8 Å². The summed E-state index contributed by atoms with van der Waals surface area (Å²) in [4.78, 5) is 2.59. The van der Waals surface area contributed by atoms with E-state index in [1.54, 1.807) is 0 Å². The van der Waals surface area contributed by atoms with Gasteiger partial charge in [0.25, 0.3) is 0 Å². The van der Waals surface area contributed by atoms with Crippen molar-refractivity contribution in [3.63, 3.8) is 0 Å². The van der Waals surface area contributed by atoms with Crippen LogP contribution in [0.1, 0.15) is 11.1 Å². The SMILES string of the molecule is Br.Cc1ccc(Sc2ccccc2NCCNCCBr)c(C)c1. The average Bonchev–Trinajstić information content (AvgIpc) is 2.51. The summed E-state index contributed by atoms with van der Waals surface area (Å²) in [6.45, 7) is 7.21. The van der Waals surface area contributed by atoms with Gasteiger partial charge < -0.3 is 10.6 Å². The molecule has 2 aromatic rings. The zero-order valence-electron chi connectivity index (χ0n) is 13.6. The molecule has 0 spiro atoms. The molecular weight excluding hydrogens is 436 g/mol. The van der Waals surface area contributed by atoms with Crippen LogP contribution >= 0.6 is 44.7 Å². The van der Waals surface area contributed by atoms with E-state index in [1.165, 1.54) is 26.6 Å². The highest BCUT2D eigenvalue weighted by Gasteiger charge is 2.06. The lowest BCUT2D eigenvalue weighted by atomic mass is 10.2. The predicted octanol–water partition coefficient (Wildman–Crippen LogP) is 5.43. The average molecular weight is 460 g/mol. The van der Waals surface area contributed by atoms with Crippen molar-refractivity contribution in [3.05, 3.63) is 53.6 Å². The van der Waals surface area contributed by atoms with Gasteiger partial charge in [-0.1, -0.05) is 57.5 Å². The monoisotopic (exact) mass is 458 g/mol. The molecule has 0 saturated heterocycles. The van der Waals surface area contributed by atoms with E-state index in [2.05, 4.69) is 82.9 Å². The summed E-state index contributed by atoms with van der Waals surface area (Å²) in [7, 11) is 0. The van der Waals surface area contributed by atoms with Crippen molar-refractivity contribution in [1.82, 2.24) is 5.32 Å². The van der Waals surface area contributed by atoms with Crippen LogP contribution in [0.5, 0.6) is 0 Å². The van der Waals surface area contributed by atoms with E-state index < -0.39 is 0 Å². The van der Waals surface area contributed by atoms with Crippen LogP contribution in [0.4, 0.5) is 5.69 Å². The van der Waals surface area contributed by atoms with Crippen LogP contribution in [0.3, 0.4) is 0 Å². The Bertz CT molecular complexity index is 605. The van der Waals surface area contributed by atoms with Crippen LogP contribution in [0.25, 0.3) is 0 Å². The Hall–Kier alpha value is -0.490. The van der Waals surface area contributed by atoms with E-state index >= 15 is 0 Å². The summed E-state index contributed by atoms with van der Waals surface area (Å²) in [6, 6.07) is 15.1. The summed E-state index contributed by atoms with van der Waals surface area (Å²) in [5.41, 5.74) is 3.85. The fraction of sp³-hybridized carbons (Fsp3) is 0.333. The topological polar surface area (TPSA) is 24.1 Å². The van der Waals surface area contributed by atoms with Gasteiger partial charge in [0.1, 0.15) is 0 Å². The molecule has 0 heterocycles. The van der Waals surface area contributed by atoms with Gasteiger partial charge in [-0.2, -0.15) is 0 Å². The van der Waals surface area contributed by atoms with Gasteiger partial charge in [0, 0.05) is 40.4 Å². The van der Waals surface area contributed by atoms with Crippen molar-refractivity contribution in [3.8, 4) is 0 Å². The summed E-state index contributed by atoms with van der Waals surface area (Å²) in [6.07, 6.45) is 0. The Balaban J connectivity index is 0.00000264. The third-order valence-corrected chi connectivity index (χ3v) is 4.98. The molecule has 5 heteroatoms. The van der Waals surface area contributed by atoms with Crippen molar-refractivity contribution in [2.45, 2.75) is 23.6 Å². The molecule has 0 amide bonds. The van der Waals surface area contributed by atoms with Gasteiger partial charge in [-0.05, 0) is 37.6 Å². The maximum Gasteiger partial charge on any atom is 0.0482 e. The van der Waals surface area contributed by atoms with Gasteiger partial charge in [-0.15, -0.1) is 17.0 Å². The van der Waals surface area contributed by atoms with Gasteiger partial charge in [-0.25, -0.2) is 0 Å². The van der Waals surface area contributed by atoms with E-state index in [4.69, 9.17) is 0 Å². The van der Waals surface area contributed by atoms with Gasteiger partial charge >= 0.3 is 0 Å². The number of alkyl halides is 1. The highest BCUT2D eigenvalue weighted by Crippen LogP contribution is 2.35. The van der Waals surface area contributed by atoms with Crippen LogP contribution in [0.2, 0.25) is 0 Å². The number of rotatable bonds is 8. The number of hydrogen-bond acceptors (Lipinski definition) is 3. The zero-order chi connectivity index (χ0) is 15.8. The molecule has 0 bridgehead atoms. The van der Waals surface area contributed by atoms with Gasteiger partial charge in [0.2, 0.25) is 0 Å². The molecule has 0 radical (unpaired) electrons. The first-order valence-corrected chi connectivity index (χ1v) is 9.49. The molecule has 2 rings (SSSR count). The van der Waals surface area contributed by atoms with E-state index in [-0.39, 0.29) is 17.0 Å². The first kappa shape index (κ1) is 20.6. The Morgan fingerprint density at radius 1 is 0.957 bits per heavy atom. The minimum absolute atomic E-state index is 0. The van der Waals surface area contributed by atoms with Crippen LogP contribution in [-0.2, 0) is 0 Å². The maximum atomic E-state index is 3.52. The van der Waals surface area contributed by atoms with Gasteiger partial charge in [0.15, 0.2) is 0 Å². The molecule has 0 unspecified atom stereocenters. The van der Waals surface area contributed by atoms with Crippen molar-refractivity contribution in [2.75, 3.05) is 30.3 Å². The summed E-state index contributed by atoms with van der Waals surface area (Å²) in [5, 5.41) is 7.89. The molecule has 2 nitrogen and oxygen atoms in total.